The van der Waals surface area contributed by atoms with Gasteiger partial charge >= 0.3 is 0 Å². The van der Waals surface area contributed by atoms with Crippen LogP contribution in [0.2, 0.25) is 0 Å². The first-order chi connectivity index (χ1) is 15.3. The zero-order chi connectivity index (χ0) is 22.9. The van der Waals surface area contributed by atoms with Gasteiger partial charge in [-0.3, -0.25) is 4.99 Å². The van der Waals surface area contributed by atoms with E-state index in [4.69, 9.17) is 14.7 Å². The third-order valence-corrected chi connectivity index (χ3v) is 8.85. The molecule has 6 nitrogen and oxygen atoms in total. The van der Waals surface area contributed by atoms with Gasteiger partial charge in [0.25, 0.3) is 0 Å². The van der Waals surface area contributed by atoms with Crippen LogP contribution in [0.4, 0.5) is 0 Å². The summed E-state index contributed by atoms with van der Waals surface area (Å²) in [5, 5.41) is 0.934. The first-order valence-corrected chi connectivity index (χ1v) is 13.3. The number of rotatable bonds is 5. The maximum Gasteiger partial charge on any atom is 0.243 e. The molecule has 2 aromatic rings. The van der Waals surface area contributed by atoms with Gasteiger partial charge in [-0.15, -0.1) is 11.8 Å². The number of hydrogen-bond donors (Lipinski definition) is 0. The smallest absolute Gasteiger partial charge is 0.243 e. The Kier molecular flexibility index (Phi) is 6.47. The summed E-state index contributed by atoms with van der Waals surface area (Å²) < 4.78 is 33.5. The number of nitrogens with zero attached hydrogens (tertiary/aromatic N) is 3. The molecule has 2 aromatic carbocycles. The molecule has 1 spiro atoms. The summed E-state index contributed by atoms with van der Waals surface area (Å²) in [6.45, 7) is 6.67. The molecule has 0 atom stereocenters. The highest BCUT2D eigenvalue weighted by Crippen LogP contribution is 2.37. The number of sulfonamides is 1. The molecule has 0 N–H and O–H groups in total. The molecule has 2 heterocycles. The van der Waals surface area contributed by atoms with Crippen LogP contribution in [0.3, 0.4) is 0 Å². The zero-order valence-electron chi connectivity index (χ0n) is 19.0. The standard InChI is InChI=1S/C24H29N3O3S2/c1-5-31-23-22(19-8-10-20(30-4)11-9-19)25-24(26-23)12-14-27(15-13-24)32(28,29)21-16-17(2)6-7-18(21)3/h6-11,16H,5,12-15H2,1-4H3. The minimum Gasteiger partial charge on any atom is -0.497 e. The molecule has 0 unspecified atom stereocenters. The van der Waals surface area contributed by atoms with Gasteiger partial charge in [0.1, 0.15) is 10.8 Å². The van der Waals surface area contributed by atoms with Crippen molar-refractivity contribution in [3.05, 3.63) is 59.2 Å². The first-order valence-electron chi connectivity index (χ1n) is 10.8. The second-order valence-corrected chi connectivity index (χ2v) is 11.4. The van der Waals surface area contributed by atoms with Crippen molar-refractivity contribution in [3.8, 4) is 5.75 Å². The van der Waals surface area contributed by atoms with Gasteiger partial charge in [0.2, 0.25) is 10.0 Å². The molecule has 0 aliphatic carbocycles. The van der Waals surface area contributed by atoms with Crippen LogP contribution >= 0.6 is 11.8 Å². The number of piperidine rings is 1. The number of aliphatic imine (C=N–C) groups is 2. The third-order valence-electron chi connectivity index (χ3n) is 5.96. The highest BCUT2D eigenvalue weighted by atomic mass is 32.2. The Balaban J connectivity index is 1.58. The Hall–Kier alpha value is -2.16. The zero-order valence-corrected chi connectivity index (χ0v) is 20.6. The topological polar surface area (TPSA) is 71.3 Å². The molecule has 170 valence electrons. The summed E-state index contributed by atoms with van der Waals surface area (Å²) in [4.78, 5) is 10.5. The highest BCUT2D eigenvalue weighted by Gasteiger charge is 2.42. The number of methoxy groups -OCH3 is 1. The fourth-order valence-electron chi connectivity index (χ4n) is 4.13. The van der Waals surface area contributed by atoms with Crippen LogP contribution in [0.15, 0.2) is 57.3 Å². The van der Waals surface area contributed by atoms with E-state index in [1.807, 2.05) is 50.2 Å². The van der Waals surface area contributed by atoms with Crippen molar-refractivity contribution in [2.45, 2.75) is 44.2 Å². The van der Waals surface area contributed by atoms with Crippen LogP contribution in [0.25, 0.3) is 0 Å². The minimum absolute atomic E-state index is 0.396. The SMILES string of the molecule is CCSC1=NC2(CCN(S(=O)(=O)c3cc(C)ccc3C)CC2)N=C1c1ccc(OC)cc1. The molecule has 1 fully saturated rings. The molecular weight excluding hydrogens is 442 g/mol. The number of ether oxygens (including phenoxy) is 1. The Bertz CT molecular complexity index is 1160. The average Bonchev–Trinajstić information content (AvgIpc) is 3.13. The fraction of sp³-hybridized carbons (Fsp3) is 0.417. The molecule has 2 aliphatic heterocycles. The van der Waals surface area contributed by atoms with Crippen LogP contribution in [0, 0.1) is 13.8 Å². The number of aryl methyl sites for hydroxylation is 2. The molecule has 4 rings (SSSR count). The van der Waals surface area contributed by atoms with E-state index >= 15 is 0 Å². The van der Waals surface area contributed by atoms with E-state index in [-0.39, 0.29) is 0 Å². The minimum atomic E-state index is -3.54. The molecule has 0 bridgehead atoms. The predicted molar refractivity (Wildman–Crippen MR) is 132 cm³/mol. The maximum absolute atomic E-state index is 13.3. The van der Waals surface area contributed by atoms with Crippen molar-refractivity contribution in [1.29, 1.82) is 0 Å². The van der Waals surface area contributed by atoms with E-state index in [1.165, 1.54) is 0 Å². The van der Waals surface area contributed by atoms with Gasteiger partial charge in [0, 0.05) is 31.5 Å². The summed E-state index contributed by atoms with van der Waals surface area (Å²) in [7, 11) is -1.89. The molecule has 0 aromatic heterocycles. The Morgan fingerprint density at radius 2 is 1.75 bits per heavy atom. The first kappa shape index (κ1) is 23.0. The summed E-state index contributed by atoms with van der Waals surface area (Å²) >= 11 is 1.68. The lowest BCUT2D eigenvalue weighted by atomic mass is 10.00. The van der Waals surface area contributed by atoms with Crippen LogP contribution in [-0.4, -0.2) is 55.1 Å². The quantitative estimate of drug-likeness (QED) is 0.646. The molecule has 0 radical (unpaired) electrons. The van der Waals surface area contributed by atoms with Gasteiger partial charge in [0.05, 0.1) is 17.7 Å². The monoisotopic (exact) mass is 471 g/mol. The van der Waals surface area contributed by atoms with Gasteiger partial charge in [-0.1, -0.05) is 19.1 Å². The molecule has 2 aliphatic rings. The Morgan fingerprint density at radius 3 is 2.38 bits per heavy atom. The van der Waals surface area contributed by atoms with Crippen molar-refractivity contribution < 1.29 is 13.2 Å². The van der Waals surface area contributed by atoms with E-state index in [0.717, 1.165) is 38.9 Å². The van der Waals surface area contributed by atoms with Gasteiger partial charge in [-0.05, 0) is 61.1 Å². The summed E-state index contributed by atoms with van der Waals surface area (Å²) in [5.74, 6) is 1.70. The lowest BCUT2D eigenvalue weighted by Crippen LogP contribution is -2.44. The van der Waals surface area contributed by atoms with Crippen LogP contribution in [0.1, 0.15) is 36.5 Å². The van der Waals surface area contributed by atoms with Crippen molar-refractivity contribution in [2.75, 3.05) is 26.0 Å². The third kappa shape index (κ3) is 4.36. The van der Waals surface area contributed by atoms with Crippen LogP contribution in [0.5, 0.6) is 5.75 Å². The van der Waals surface area contributed by atoms with E-state index in [1.54, 1.807) is 29.2 Å². The second-order valence-electron chi connectivity index (χ2n) is 8.19. The molecule has 8 heteroatoms. The van der Waals surface area contributed by atoms with Gasteiger partial charge in [-0.25, -0.2) is 13.4 Å². The molecule has 1 saturated heterocycles. The fourth-order valence-corrected chi connectivity index (χ4v) is 6.69. The van der Waals surface area contributed by atoms with Crippen molar-refractivity contribution in [2.24, 2.45) is 9.98 Å². The Labute approximate surface area is 194 Å². The van der Waals surface area contributed by atoms with Crippen molar-refractivity contribution in [3.63, 3.8) is 0 Å². The predicted octanol–water partition coefficient (Wildman–Crippen LogP) is 4.45. The molecule has 0 saturated carbocycles. The summed E-state index contributed by atoms with van der Waals surface area (Å²) in [6.07, 6.45) is 1.15. The highest BCUT2D eigenvalue weighted by molar-refractivity contribution is 8.15. The maximum atomic E-state index is 13.3. The number of hydrogen-bond acceptors (Lipinski definition) is 6. The molecule has 32 heavy (non-hydrogen) atoms. The van der Waals surface area contributed by atoms with Crippen LogP contribution in [-0.2, 0) is 10.0 Å². The van der Waals surface area contributed by atoms with Crippen LogP contribution < -0.4 is 4.74 Å². The second kappa shape index (κ2) is 9.00. The van der Waals surface area contributed by atoms with Gasteiger partial charge in [-0.2, -0.15) is 4.31 Å². The average molecular weight is 472 g/mol. The Morgan fingerprint density at radius 1 is 1.06 bits per heavy atom. The lowest BCUT2D eigenvalue weighted by molar-refractivity contribution is 0.249. The normalized spacial score (nSPS) is 18.5. The largest absolute Gasteiger partial charge is 0.497 e. The molecular formula is C24H29N3O3S2. The molecule has 0 amide bonds. The van der Waals surface area contributed by atoms with Gasteiger partial charge < -0.3 is 4.74 Å². The van der Waals surface area contributed by atoms with E-state index in [9.17, 15) is 8.42 Å². The number of benzene rings is 2. The van der Waals surface area contributed by atoms with E-state index in [0.29, 0.717) is 30.8 Å². The lowest BCUT2D eigenvalue weighted by Gasteiger charge is -2.35. The van der Waals surface area contributed by atoms with E-state index < -0.39 is 15.7 Å². The van der Waals surface area contributed by atoms with E-state index in [2.05, 4.69) is 6.92 Å². The number of thioether (sulfide) groups is 1. The summed E-state index contributed by atoms with van der Waals surface area (Å²) in [5.41, 5.74) is 3.04. The summed E-state index contributed by atoms with van der Waals surface area (Å²) in [6, 6.07) is 13.4. The van der Waals surface area contributed by atoms with Crippen molar-refractivity contribution in [1.82, 2.24) is 4.31 Å². The van der Waals surface area contributed by atoms with Gasteiger partial charge in [0.15, 0.2) is 5.66 Å². The van der Waals surface area contributed by atoms with Crippen molar-refractivity contribution >= 4 is 32.5 Å².